The molecule has 5 nitrogen and oxygen atoms in total. The summed E-state index contributed by atoms with van der Waals surface area (Å²) in [5.41, 5.74) is 0.480. The summed E-state index contributed by atoms with van der Waals surface area (Å²) >= 11 is 0. The van der Waals surface area contributed by atoms with Crippen LogP contribution >= 0.6 is 0 Å². The van der Waals surface area contributed by atoms with E-state index in [4.69, 9.17) is 4.74 Å². The van der Waals surface area contributed by atoms with Gasteiger partial charge in [0.25, 0.3) is 0 Å². The Labute approximate surface area is 107 Å². The maximum atomic E-state index is 11.3. The molecule has 0 unspecified atom stereocenters. The average molecular weight is 250 g/mol. The second-order valence-corrected chi connectivity index (χ2v) is 4.32. The zero-order valence-electron chi connectivity index (χ0n) is 10.8. The first kappa shape index (κ1) is 12.8. The van der Waals surface area contributed by atoms with Crippen LogP contribution in [0.2, 0.25) is 0 Å². The van der Waals surface area contributed by atoms with E-state index in [1.54, 1.807) is 19.4 Å². The van der Waals surface area contributed by atoms with Gasteiger partial charge < -0.3 is 14.4 Å². The van der Waals surface area contributed by atoms with Gasteiger partial charge in [-0.2, -0.15) is 0 Å². The van der Waals surface area contributed by atoms with Gasteiger partial charge in [-0.1, -0.05) is 0 Å². The Morgan fingerprint density at radius 2 is 2.06 bits per heavy atom. The van der Waals surface area contributed by atoms with E-state index in [-0.39, 0.29) is 5.97 Å². The molecule has 5 heteroatoms. The summed E-state index contributed by atoms with van der Waals surface area (Å²) in [6.45, 7) is 1.87. The van der Waals surface area contributed by atoms with Gasteiger partial charge in [-0.25, -0.2) is 9.78 Å². The zero-order chi connectivity index (χ0) is 13.0. The van der Waals surface area contributed by atoms with Gasteiger partial charge in [-0.05, 0) is 25.0 Å². The van der Waals surface area contributed by atoms with Gasteiger partial charge in [0.15, 0.2) is 0 Å². The number of hydrogen-bond acceptors (Lipinski definition) is 5. The molecule has 0 atom stereocenters. The van der Waals surface area contributed by atoms with Crippen molar-refractivity contribution in [3.63, 3.8) is 0 Å². The number of carbonyl (C=O) groups excluding carboxylic acids is 1. The number of piperidine rings is 1. The van der Waals surface area contributed by atoms with Crippen LogP contribution in [0.5, 0.6) is 0 Å². The minimum absolute atomic E-state index is 0.354. The lowest BCUT2D eigenvalue weighted by molar-refractivity contribution is 0.0600. The highest BCUT2D eigenvalue weighted by Crippen LogP contribution is 2.19. The molecule has 0 radical (unpaired) electrons. The Kier molecular flexibility index (Phi) is 4.15. The van der Waals surface area contributed by atoms with Crippen LogP contribution in [-0.4, -0.2) is 44.4 Å². The molecule has 2 heterocycles. The molecule has 0 N–H and O–H groups in total. The van der Waals surface area contributed by atoms with Crippen molar-refractivity contribution in [2.24, 2.45) is 0 Å². The van der Waals surface area contributed by atoms with E-state index in [1.807, 2.05) is 6.07 Å². The third-order valence-electron chi connectivity index (χ3n) is 3.27. The number of methoxy groups -OCH3 is 2. The van der Waals surface area contributed by atoms with Crippen LogP contribution in [0, 0.1) is 0 Å². The molecule has 0 amide bonds. The normalized spacial score (nSPS) is 16.7. The highest BCUT2D eigenvalue weighted by Gasteiger charge is 2.19. The number of anilines is 1. The second-order valence-electron chi connectivity index (χ2n) is 4.32. The maximum absolute atomic E-state index is 11.3. The highest BCUT2D eigenvalue weighted by molar-refractivity contribution is 5.89. The molecule has 1 aromatic rings. The first-order chi connectivity index (χ1) is 8.74. The molecule has 1 aliphatic heterocycles. The van der Waals surface area contributed by atoms with Gasteiger partial charge >= 0.3 is 5.97 Å². The van der Waals surface area contributed by atoms with Gasteiger partial charge in [-0.15, -0.1) is 0 Å². The molecular weight excluding hydrogens is 232 g/mol. The monoisotopic (exact) mass is 250 g/mol. The van der Waals surface area contributed by atoms with Crippen LogP contribution in [0.25, 0.3) is 0 Å². The molecule has 98 valence electrons. The summed E-state index contributed by atoms with van der Waals surface area (Å²) in [6.07, 6.45) is 3.94. The van der Waals surface area contributed by atoms with E-state index < -0.39 is 0 Å². The third-order valence-corrected chi connectivity index (χ3v) is 3.27. The van der Waals surface area contributed by atoms with E-state index in [2.05, 4.69) is 14.6 Å². The molecule has 2 rings (SSSR count). The Morgan fingerprint density at radius 3 is 2.56 bits per heavy atom. The van der Waals surface area contributed by atoms with Crippen molar-refractivity contribution in [3.8, 4) is 0 Å². The summed E-state index contributed by atoms with van der Waals surface area (Å²) in [5.74, 6) is 0.546. The van der Waals surface area contributed by atoms with Gasteiger partial charge in [0.1, 0.15) is 5.82 Å². The smallest absolute Gasteiger partial charge is 0.339 e. The predicted octanol–water partition coefficient (Wildman–Crippen LogP) is 1.48. The van der Waals surface area contributed by atoms with Crippen molar-refractivity contribution in [1.82, 2.24) is 4.98 Å². The minimum atomic E-state index is -0.354. The van der Waals surface area contributed by atoms with E-state index in [9.17, 15) is 4.79 Å². The second kappa shape index (κ2) is 5.82. The van der Waals surface area contributed by atoms with Crippen molar-refractivity contribution >= 4 is 11.8 Å². The lowest BCUT2D eigenvalue weighted by Crippen LogP contribution is -2.37. The molecule has 18 heavy (non-hydrogen) atoms. The maximum Gasteiger partial charge on any atom is 0.339 e. The first-order valence-electron chi connectivity index (χ1n) is 6.06. The van der Waals surface area contributed by atoms with Crippen molar-refractivity contribution in [3.05, 3.63) is 23.9 Å². The number of nitrogens with zero attached hydrogens (tertiary/aromatic N) is 2. The van der Waals surface area contributed by atoms with Crippen LogP contribution in [0.3, 0.4) is 0 Å². The Hall–Kier alpha value is -1.62. The number of esters is 1. The number of pyridine rings is 1. The fourth-order valence-electron chi connectivity index (χ4n) is 2.13. The summed E-state index contributed by atoms with van der Waals surface area (Å²) in [4.78, 5) is 17.8. The molecular formula is C13H18N2O3. The highest BCUT2D eigenvalue weighted by atomic mass is 16.5. The van der Waals surface area contributed by atoms with Crippen LogP contribution in [0.1, 0.15) is 23.2 Å². The average Bonchev–Trinajstić information content (AvgIpc) is 2.47. The Morgan fingerprint density at radius 1 is 1.33 bits per heavy atom. The molecule has 1 aliphatic rings. The van der Waals surface area contributed by atoms with Gasteiger partial charge in [-0.3, -0.25) is 0 Å². The molecule has 0 aliphatic carbocycles. The van der Waals surface area contributed by atoms with E-state index in [0.29, 0.717) is 11.7 Å². The largest absolute Gasteiger partial charge is 0.465 e. The number of rotatable bonds is 3. The number of ether oxygens (including phenoxy) is 2. The molecule has 0 bridgehead atoms. The van der Waals surface area contributed by atoms with Crippen LogP contribution < -0.4 is 4.90 Å². The Balaban J connectivity index is 2.00. The number of carbonyl (C=O) groups is 1. The standard InChI is InChI=1S/C13H18N2O3/c1-17-11-5-7-15(8-6-11)12-4-3-10(9-14-12)13(16)18-2/h3-4,9,11H,5-8H2,1-2H3. The van der Waals surface area contributed by atoms with Gasteiger partial charge in [0, 0.05) is 26.4 Å². The van der Waals surface area contributed by atoms with Crippen molar-refractivity contribution in [2.45, 2.75) is 18.9 Å². The van der Waals surface area contributed by atoms with Crippen molar-refractivity contribution in [2.75, 3.05) is 32.2 Å². The van der Waals surface area contributed by atoms with Gasteiger partial charge in [0.05, 0.1) is 18.8 Å². The minimum Gasteiger partial charge on any atom is -0.465 e. The first-order valence-corrected chi connectivity index (χ1v) is 6.06. The topological polar surface area (TPSA) is 51.7 Å². The molecule has 1 saturated heterocycles. The molecule has 1 fully saturated rings. The van der Waals surface area contributed by atoms with Gasteiger partial charge in [0.2, 0.25) is 0 Å². The van der Waals surface area contributed by atoms with Crippen molar-refractivity contribution < 1.29 is 14.3 Å². The van der Waals surface area contributed by atoms with E-state index >= 15 is 0 Å². The van der Waals surface area contributed by atoms with Crippen LogP contribution in [0.4, 0.5) is 5.82 Å². The summed E-state index contributed by atoms with van der Waals surface area (Å²) < 4.78 is 9.97. The quantitative estimate of drug-likeness (QED) is 0.761. The lowest BCUT2D eigenvalue weighted by atomic mass is 10.1. The summed E-state index contributed by atoms with van der Waals surface area (Å²) in [6, 6.07) is 3.61. The van der Waals surface area contributed by atoms with Crippen LogP contribution in [0.15, 0.2) is 18.3 Å². The molecule has 0 spiro atoms. The Bertz CT molecular complexity index is 397. The third kappa shape index (κ3) is 2.79. The van der Waals surface area contributed by atoms with E-state index in [1.165, 1.54) is 7.11 Å². The SMILES string of the molecule is COC(=O)c1ccc(N2CCC(OC)CC2)nc1. The lowest BCUT2D eigenvalue weighted by Gasteiger charge is -2.32. The van der Waals surface area contributed by atoms with Crippen LogP contribution in [-0.2, 0) is 9.47 Å². The molecule has 1 aromatic heterocycles. The summed E-state index contributed by atoms with van der Waals surface area (Å²) in [7, 11) is 3.12. The predicted molar refractivity (Wildman–Crippen MR) is 67.8 cm³/mol. The fraction of sp³-hybridized carbons (Fsp3) is 0.538. The van der Waals surface area contributed by atoms with Crippen molar-refractivity contribution in [1.29, 1.82) is 0 Å². The number of hydrogen-bond donors (Lipinski definition) is 0. The number of aromatic nitrogens is 1. The molecule has 0 saturated carbocycles. The zero-order valence-corrected chi connectivity index (χ0v) is 10.8. The summed E-state index contributed by atoms with van der Waals surface area (Å²) in [5, 5.41) is 0. The van der Waals surface area contributed by atoms with E-state index in [0.717, 1.165) is 31.7 Å². The fourth-order valence-corrected chi connectivity index (χ4v) is 2.13. The molecule has 0 aromatic carbocycles.